The highest BCUT2D eigenvalue weighted by Gasteiger charge is 2.18. The Kier molecular flexibility index (Phi) is 2.92. The van der Waals surface area contributed by atoms with E-state index in [4.69, 9.17) is 4.74 Å². The fourth-order valence-electron chi connectivity index (χ4n) is 2.48. The van der Waals surface area contributed by atoms with Gasteiger partial charge in [0.1, 0.15) is 0 Å². The predicted molar refractivity (Wildman–Crippen MR) is 75.6 cm³/mol. The van der Waals surface area contributed by atoms with Crippen molar-refractivity contribution in [2.75, 3.05) is 6.61 Å². The van der Waals surface area contributed by atoms with Crippen LogP contribution in [0.2, 0.25) is 0 Å². The molecule has 0 saturated heterocycles. The molecule has 0 fully saturated rings. The van der Waals surface area contributed by atoms with E-state index in [1.165, 1.54) is 27.5 Å². The summed E-state index contributed by atoms with van der Waals surface area (Å²) in [5.41, 5.74) is 4.15. The van der Waals surface area contributed by atoms with Crippen molar-refractivity contribution in [2.45, 2.75) is 26.4 Å². The summed E-state index contributed by atoms with van der Waals surface area (Å²) in [7, 11) is 0. The Morgan fingerprint density at radius 1 is 0.944 bits per heavy atom. The van der Waals surface area contributed by atoms with Gasteiger partial charge in [0.05, 0.1) is 12.7 Å². The van der Waals surface area contributed by atoms with Crippen molar-refractivity contribution in [3.05, 3.63) is 59.2 Å². The van der Waals surface area contributed by atoms with Crippen LogP contribution in [0.3, 0.4) is 0 Å². The molecule has 1 heterocycles. The van der Waals surface area contributed by atoms with Crippen molar-refractivity contribution in [1.82, 2.24) is 0 Å². The van der Waals surface area contributed by atoms with Crippen LogP contribution in [0.1, 0.15) is 31.9 Å². The van der Waals surface area contributed by atoms with E-state index in [-0.39, 0.29) is 6.10 Å². The number of fused-ring (bicyclic) bond motifs is 1. The summed E-state index contributed by atoms with van der Waals surface area (Å²) in [4.78, 5) is 0. The summed E-state index contributed by atoms with van der Waals surface area (Å²) in [5.74, 6) is 0. The molecule has 1 nitrogen and oxygen atoms in total. The van der Waals surface area contributed by atoms with Crippen molar-refractivity contribution in [1.29, 1.82) is 0 Å². The number of rotatable bonds is 1. The minimum atomic E-state index is 0.221. The van der Waals surface area contributed by atoms with Crippen LogP contribution in [0.5, 0.6) is 0 Å². The lowest BCUT2D eigenvalue weighted by Gasteiger charge is -2.25. The highest BCUT2D eigenvalue weighted by atomic mass is 16.5. The number of hydrogen-bond donors (Lipinski definition) is 0. The van der Waals surface area contributed by atoms with E-state index in [2.05, 4.69) is 56.3 Å². The lowest BCUT2D eigenvalue weighted by atomic mass is 9.95. The molecule has 1 atom stereocenters. The molecule has 0 aromatic heterocycles. The van der Waals surface area contributed by atoms with Crippen LogP contribution in [-0.4, -0.2) is 6.61 Å². The van der Waals surface area contributed by atoms with Crippen molar-refractivity contribution >= 4 is 10.8 Å². The quantitative estimate of drug-likeness (QED) is 0.658. The van der Waals surface area contributed by atoms with E-state index in [1.54, 1.807) is 0 Å². The van der Waals surface area contributed by atoms with Gasteiger partial charge >= 0.3 is 0 Å². The minimum absolute atomic E-state index is 0.221. The molecule has 2 aromatic carbocycles. The van der Waals surface area contributed by atoms with Gasteiger partial charge in [-0.05, 0) is 48.2 Å². The van der Waals surface area contributed by atoms with E-state index >= 15 is 0 Å². The van der Waals surface area contributed by atoms with Gasteiger partial charge in [0.25, 0.3) is 0 Å². The zero-order chi connectivity index (χ0) is 12.5. The molecule has 0 N–H and O–H groups in total. The molecule has 0 bridgehead atoms. The van der Waals surface area contributed by atoms with Crippen LogP contribution < -0.4 is 0 Å². The summed E-state index contributed by atoms with van der Waals surface area (Å²) in [6, 6.07) is 15.1. The molecular weight excluding hydrogens is 220 g/mol. The number of hydrogen-bond acceptors (Lipinski definition) is 1. The second kappa shape index (κ2) is 4.58. The van der Waals surface area contributed by atoms with Crippen LogP contribution in [0.4, 0.5) is 0 Å². The first-order chi connectivity index (χ1) is 8.74. The third kappa shape index (κ3) is 2.06. The average Bonchev–Trinajstić information content (AvgIpc) is 2.41. The second-order valence-corrected chi connectivity index (χ2v) is 5.17. The predicted octanol–water partition coefficient (Wildman–Crippen LogP) is 4.64. The van der Waals surface area contributed by atoms with E-state index < -0.39 is 0 Å². The first-order valence-electron chi connectivity index (χ1n) is 6.49. The Morgan fingerprint density at radius 3 is 2.50 bits per heavy atom. The molecule has 0 aliphatic carbocycles. The monoisotopic (exact) mass is 238 g/mol. The van der Waals surface area contributed by atoms with Crippen LogP contribution in [0, 0.1) is 0 Å². The maximum absolute atomic E-state index is 5.94. The molecular formula is C17H18O. The van der Waals surface area contributed by atoms with Crippen LogP contribution >= 0.6 is 0 Å². The van der Waals surface area contributed by atoms with Crippen molar-refractivity contribution in [3.63, 3.8) is 0 Å². The first kappa shape index (κ1) is 11.5. The molecule has 0 spiro atoms. The topological polar surface area (TPSA) is 9.23 Å². The van der Waals surface area contributed by atoms with Gasteiger partial charge in [0, 0.05) is 0 Å². The van der Waals surface area contributed by atoms with Crippen LogP contribution in [-0.2, 0) is 4.74 Å². The SMILES string of the molecule is CC1=C(C)CC(c2ccc3ccccc3c2)OC1. The van der Waals surface area contributed by atoms with Crippen molar-refractivity contribution < 1.29 is 4.74 Å². The second-order valence-electron chi connectivity index (χ2n) is 5.17. The highest BCUT2D eigenvalue weighted by molar-refractivity contribution is 5.83. The zero-order valence-electron chi connectivity index (χ0n) is 10.9. The first-order valence-corrected chi connectivity index (χ1v) is 6.49. The third-order valence-corrected chi connectivity index (χ3v) is 3.87. The van der Waals surface area contributed by atoms with Gasteiger partial charge in [-0.15, -0.1) is 0 Å². The summed E-state index contributed by atoms with van der Waals surface area (Å²) < 4.78 is 5.94. The van der Waals surface area contributed by atoms with Gasteiger partial charge in [0.2, 0.25) is 0 Å². The highest BCUT2D eigenvalue weighted by Crippen LogP contribution is 2.32. The van der Waals surface area contributed by atoms with E-state index in [9.17, 15) is 0 Å². The molecule has 0 saturated carbocycles. The van der Waals surface area contributed by atoms with E-state index in [0.717, 1.165) is 13.0 Å². The van der Waals surface area contributed by atoms with E-state index in [1.807, 2.05) is 0 Å². The molecule has 1 aliphatic rings. The van der Waals surface area contributed by atoms with Gasteiger partial charge in [0.15, 0.2) is 0 Å². The molecule has 3 rings (SSSR count). The minimum Gasteiger partial charge on any atom is -0.369 e. The molecule has 0 amide bonds. The van der Waals surface area contributed by atoms with Gasteiger partial charge in [-0.3, -0.25) is 0 Å². The Morgan fingerprint density at radius 2 is 1.72 bits per heavy atom. The number of benzene rings is 2. The fourth-order valence-corrected chi connectivity index (χ4v) is 2.48. The van der Waals surface area contributed by atoms with Gasteiger partial charge < -0.3 is 4.74 Å². The summed E-state index contributed by atoms with van der Waals surface area (Å²) in [6.45, 7) is 5.14. The molecule has 92 valence electrons. The zero-order valence-corrected chi connectivity index (χ0v) is 10.9. The Labute approximate surface area is 108 Å². The Balaban J connectivity index is 1.96. The summed E-state index contributed by atoms with van der Waals surface area (Å²) >= 11 is 0. The third-order valence-electron chi connectivity index (χ3n) is 3.87. The lowest BCUT2D eigenvalue weighted by molar-refractivity contribution is 0.0579. The molecule has 0 radical (unpaired) electrons. The van der Waals surface area contributed by atoms with Crippen LogP contribution in [0.25, 0.3) is 10.8 Å². The smallest absolute Gasteiger partial charge is 0.0866 e. The standard InChI is InChI=1S/C17H18O/c1-12-9-17(18-11-13(12)2)16-8-7-14-5-3-4-6-15(14)10-16/h3-8,10,17H,9,11H2,1-2H3. The van der Waals surface area contributed by atoms with Crippen molar-refractivity contribution in [2.24, 2.45) is 0 Å². The van der Waals surface area contributed by atoms with E-state index in [0.29, 0.717) is 0 Å². The molecule has 18 heavy (non-hydrogen) atoms. The Hall–Kier alpha value is -1.60. The normalized spacial score (nSPS) is 20.4. The average molecular weight is 238 g/mol. The summed E-state index contributed by atoms with van der Waals surface area (Å²) in [5, 5.41) is 2.59. The maximum atomic E-state index is 5.94. The van der Waals surface area contributed by atoms with Gasteiger partial charge in [-0.1, -0.05) is 42.0 Å². The van der Waals surface area contributed by atoms with Crippen LogP contribution in [0.15, 0.2) is 53.6 Å². The molecule has 1 unspecified atom stereocenters. The van der Waals surface area contributed by atoms with Gasteiger partial charge in [-0.2, -0.15) is 0 Å². The maximum Gasteiger partial charge on any atom is 0.0866 e. The number of ether oxygens (including phenoxy) is 1. The molecule has 2 aromatic rings. The van der Waals surface area contributed by atoms with Crippen molar-refractivity contribution in [3.8, 4) is 0 Å². The summed E-state index contributed by atoms with van der Waals surface area (Å²) in [6.07, 6.45) is 1.24. The molecule has 1 aliphatic heterocycles. The lowest BCUT2D eigenvalue weighted by Crippen LogP contribution is -2.13. The van der Waals surface area contributed by atoms with Gasteiger partial charge in [-0.25, -0.2) is 0 Å². The fraction of sp³-hybridized carbons (Fsp3) is 0.294. The largest absolute Gasteiger partial charge is 0.369 e. The Bertz CT molecular complexity index is 610. The molecule has 1 heteroatoms.